The van der Waals surface area contributed by atoms with E-state index in [0.717, 1.165) is 19.2 Å². The molecule has 0 bridgehead atoms. The van der Waals surface area contributed by atoms with Crippen molar-refractivity contribution in [3.63, 3.8) is 0 Å². The minimum atomic E-state index is -4.67. The third-order valence-corrected chi connectivity index (χ3v) is 5.24. The number of rotatable bonds is 5. The number of hydrogen-bond donors (Lipinski definition) is 0. The molecule has 12 heteroatoms. The summed E-state index contributed by atoms with van der Waals surface area (Å²) in [5, 5.41) is 13.7. The highest BCUT2D eigenvalue weighted by Gasteiger charge is 2.40. The maximum absolute atomic E-state index is 13.5. The summed E-state index contributed by atoms with van der Waals surface area (Å²) < 4.78 is 64.4. The summed E-state index contributed by atoms with van der Waals surface area (Å²) in [5.74, 6) is -1.75. The number of carbonyl (C=O) groups is 1. The molecular formula is C22H17F4N5O3. The van der Waals surface area contributed by atoms with Crippen molar-refractivity contribution in [2.45, 2.75) is 32.3 Å². The van der Waals surface area contributed by atoms with Crippen LogP contribution in [-0.4, -0.2) is 45.0 Å². The van der Waals surface area contributed by atoms with Crippen molar-refractivity contribution in [2.75, 3.05) is 7.11 Å². The van der Waals surface area contributed by atoms with Crippen LogP contribution >= 0.6 is 0 Å². The first-order valence-electron chi connectivity index (χ1n) is 9.94. The van der Waals surface area contributed by atoms with E-state index in [1.165, 1.54) is 35.0 Å². The van der Waals surface area contributed by atoms with Crippen LogP contribution in [0.1, 0.15) is 34.1 Å². The van der Waals surface area contributed by atoms with Crippen molar-refractivity contribution in [1.82, 2.24) is 19.7 Å². The second kappa shape index (κ2) is 8.66. The topological polar surface area (TPSA) is 93.3 Å². The Labute approximate surface area is 190 Å². The second-order valence-electron chi connectivity index (χ2n) is 7.50. The maximum Gasteiger partial charge on any atom is 0.425 e. The SMILES string of the molecule is COc1c(C#N)ccc(O[C@H](C)C(F)(F)F)c1C(=O)N1Cc2cn(-c3cncc(F)c3)nc2C1. The van der Waals surface area contributed by atoms with Gasteiger partial charge >= 0.3 is 6.18 Å². The molecule has 2 aromatic heterocycles. The van der Waals surface area contributed by atoms with Crippen LogP contribution < -0.4 is 9.47 Å². The van der Waals surface area contributed by atoms with Crippen LogP contribution in [0.5, 0.6) is 11.5 Å². The first-order chi connectivity index (χ1) is 16.1. The molecule has 1 aromatic carbocycles. The number of pyridine rings is 1. The molecule has 176 valence electrons. The number of fused-ring (bicyclic) bond motifs is 1. The molecule has 4 rings (SSSR count). The molecule has 1 amide bonds. The predicted molar refractivity (Wildman–Crippen MR) is 109 cm³/mol. The van der Waals surface area contributed by atoms with Gasteiger partial charge in [0.1, 0.15) is 23.2 Å². The Morgan fingerprint density at radius 2 is 2.03 bits per heavy atom. The number of alkyl halides is 3. The number of aromatic nitrogens is 3. The van der Waals surface area contributed by atoms with Crippen LogP contribution in [0.2, 0.25) is 0 Å². The minimum Gasteiger partial charge on any atom is -0.494 e. The molecule has 1 aliphatic heterocycles. The van der Waals surface area contributed by atoms with Gasteiger partial charge in [-0.3, -0.25) is 9.78 Å². The Morgan fingerprint density at radius 1 is 1.26 bits per heavy atom. The summed E-state index contributed by atoms with van der Waals surface area (Å²) in [6.45, 7) is 0.942. The molecule has 0 saturated carbocycles. The molecule has 0 aliphatic carbocycles. The summed E-state index contributed by atoms with van der Waals surface area (Å²) in [6, 6.07) is 5.48. The largest absolute Gasteiger partial charge is 0.494 e. The van der Waals surface area contributed by atoms with E-state index >= 15 is 0 Å². The molecule has 0 unspecified atom stereocenters. The first-order valence-corrected chi connectivity index (χ1v) is 9.94. The zero-order valence-corrected chi connectivity index (χ0v) is 17.9. The molecular weight excluding hydrogens is 458 g/mol. The lowest BCUT2D eigenvalue weighted by molar-refractivity contribution is -0.189. The number of nitriles is 1. The summed E-state index contributed by atoms with van der Waals surface area (Å²) in [6.07, 6.45) is -2.76. The van der Waals surface area contributed by atoms with Gasteiger partial charge < -0.3 is 14.4 Å². The molecule has 0 radical (unpaired) electrons. The average molecular weight is 475 g/mol. The standard InChI is InChI=1S/C22H17F4N5O3/c1-12(22(24,25)26)34-18-4-3-13(6-27)20(33-2)19(18)21(32)30-9-14-10-31(29-17(14)11-30)16-5-15(23)7-28-8-16/h3-5,7-8,10,12H,9,11H2,1-2H3/t12-/m1/s1. The van der Waals surface area contributed by atoms with Gasteiger partial charge in [0.2, 0.25) is 0 Å². The van der Waals surface area contributed by atoms with Gasteiger partial charge in [0, 0.05) is 24.4 Å². The van der Waals surface area contributed by atoms with Crippen molar-refractivity contribution in [1.29, 1.82) is 5.26 Å². The highest BCUT2D eigenvalue weighted by Crippen LogP contribution is 2.37. The van der Waals surface area contributed by atoms with Gasteiger partial charge in [0.15, 0.2) is 11.9 Å². The smallest absolute Gasteiger partial charge is 0.425 e. The van der Waals surface area contributed by atoms with Crippen molar-refractivity contribution >= 4 is 5.91 Å². The number of ether oxygens (including phenoxy) is 2. The Bertz CT molecular complexity index is 1280. The molecule has 0 spiro atoms. The van der Waals surface area contributed by atoms with Gasteiger partial charge in [-0.2, -0.15) is 23.5 Å². The molecule has 3 heterocycles. The third kappa shape index (κ3) is 4.24. The fraction of sp³-hybridized carbons (Fsp3) is 0.273. The Morgan fingerprint density at radius 3 is 2.65 bits per heavy atom. The Balaban J connectivity index is 1.65. The van der Waals surface area contributed by atoms with E-state index in [0.29, 0.717) is 16.9 Å². The van der Waals surface area contributed by atoms with Gasteiger partial charge in [-0.25, -0.2) is 9.07 Å². The molecule has 1 aliphatic rings. The van der Waals surface area contributed by atoms with Crippen LogP contribution in [0, 0.1) is 17.1 Å². The van der Waals surface area contributed by atoms with E-state index in [4.69, 9.17) is 9.47 Å². The van der Waals surface area contributed by atoms with Gasteiger partial charge in [-0.15, -0.1) is 0 Å². The minimum absolute atomic E-state index is 0.0291. The number of carbonyl (C=O) groups excluding carboxylic acids is 1. The molecule has 0 saturated heterocycles. The molecule has 1 atom stereocenters. The first kappa shape index (κ1) is 23.0. The summed E-state index contributed by atoms with van der Waals surface area (Å²) in [4.78, 5) is 18.5. The third-order valence-electron chi connectivity index (χ3n) is 5.24. The van der Waals surface area contributed by atoms with Gasteiger partial charge in [-0.05, 0) is 19.1 Å². The van der Waals surface area contributed by atoms with E-state index in [1.807, 2.05) is 6.07 Å². The fourth-order valence-electron chi connectivity index (χ4n) is 3.54. The summed E-state index contributed by atoms with van der Waals surface area (Å²) in [5.41, 5.74) is 1.27. The molecule has 34 heavy (non-hydrogen) atoms. The molecule has 0 N–H and O–H groups in total. The monoisotopic (exact) mass is 475 g/mol. The molecule has 0 fully saturated rings. The normalized spacial score (nSPS) is 13.9. The van der Waals surface area contributed by atoms with Crippen LogP contribution in [0.3, 0.4) is 0 Å². The number of amides is 1. The number of hydrogen-bond acceptors (Lipinski definition) is 6. The number of benzene rings is 1. The van der Waals surface area contributed by atoms with E-state index in [9.17, 15) is 27.6 Å². The van der Waals surface area contributed by atoms with E-state index in [1.54, 1.807) is 6.20 Å². The van der Waals surface area contributed by atoms with Crippen LogP contribution in [0.25, 0.3) is 5.69 Å². The lowest BCUT2D eigenvalue weighted by Crippen LogP contribution is -2.33. The van der Waals surface area contributed by atoms with E-state index in [-0.39, 0.29) is 35.7 Å². The second-order valence-corrected chi connectivity index (χ2v) is 7.50. The van der Waals surface area contributed by atoms with Gasteiger partial charge in [0.05, 0.1) is 43.0 Å². The Hall–Kier alpha value is -4.14. The van der Waals surface area contributed by atoms with Gasteiger partial charge in [-0.1, -0.05) is 0 Å². The molecule has 3 aromatic rings. The predicted octanol–water partition coefficient (Wildman–Crippen LogP) is 3.77. The van der Waals surface area contributed by atoms with E-state index < -0.39 is 24.0 Å². The zero-order valence-electron chi connectivity index (χ0n) is 17.9. The van der Waals surface area contributed by atoms with Crippen LogP contribution in [-0.2, 0) is 13.1 Å². The number of nitrogens with zero attached hydrogens (tertiary/aromatic N) is 5. The fourth-order valence-corrected chi connectivity index (χ4v) is 3.54. The molecule has 8 nitrogen and oxygen atoms in total. The number of halogens is 4. The van der Waals surface area contributed by atoms with E-state index in [2.05, 4.69) is 10.1 Å². The quantitative estimate of drug-likeness (QED) is 0.522. The van der Waals surface area contributed by atoms with Crippen LogP contribution in [0.4, 0.5) is 17.6 Å². The lowest BCUT2D eigenvalue weighted by atomic mass is 10.1. The summed E-state index contributed by atoms with van der Waals surface area (Å²) in [7, 11) is 1.21. The van der Waals surface area contributed by atoms with Crippen molar-refractivity contribution in [3.05, 3.63) is 65.0 Å². The van der Waals surface area contributed by atoms with Crippen molar-refractivity contribution in [2.24, 2.45) is 0 Å². The zero-order chi connectivity index (χ0) is 24.6. The highest BCUT2D eigenvalue weighted by atomic mass is 19.4. The average Bonchev–Trinajstić information content (AvgIpc) is 3.37. The lowest BCUT2D eigenvalue weighted by Gasteiger charge is -2.23. The Kier molecular flexibility index (Phi) is 5.87. The van der Waals surface area contributed by atoms with Gasteiger partial charge in [0.25, 0.3) is 5.91 Å². The summed E-state index contributed by atoms with van der Waals surface area (Å²) >= 11 is 0. The van der Waals surface area contributed by atoms with Crippen molar-refractivity contribution in [3.8, 4) is 23.3 Å². The van der Waals surface area contributed by atoms with Crippen molar-refractivity contribution < 1.29 is 31.8 Å². The van der Waals surface area contributed by atoms with Crippen LogP contribution in [0.15, 0.2) is 36.8 Å². The number of methoxy groups -OCH3 is 1. The highest BCUT2D eigenvalue weighted by molar-refractivity contribution is 6.00. The maximum atomic E-state index is 13.5.